The first-order chi connectivity index (χ1) is 16.8. The summed E-state index contributed by atoms with van der Waals surface area (Å²) in [6.45, 7) is 12.4. The maximum absolute atomic E-state index is 14.5. The highest BCUT2D eigenvalue weighted by Crippen LogP contribution is 2.29. The second-order valence-corrected chi connectivity index (χ2v) is 10.5. The Balaban J connectivity index is 2.35. The molecule has 1 aliphatic rings. The highest BCUT2D eigenvalue weighted by atomic mass is 19.1. The van der Waals surface area contributed by atoms with Crippen LogP contribution >= 0.6 is 0 Å². The van der Waals surface area contributed by atoms with Gasteiger partial charge in [-0.15, -0.1) is 0 Å². The number of rotatable bonds is 8. The fourth-order valence-corrected chi connectivity index (χ4v) is 4.38. The van der Waals surface area contributed by atoms with Crippen LogP contribution in [0.25, 0.3) is 0 Å². The van der Waals surface area contributed by atoms with Crippen molar-refractivity contribution >= 4 is 34.8 Å². The van der Waals surface area contributed by atoms with Gasteiger partial charge in [0.15, 0.2) is 5.78 Å². The predicted molar refractivity (Wildman–Crippen MR) is 137 cm³/mol. The normalized spacial score (nSPS) is 20.1. The second-order valence-electron chi connectivity index (χ2n) is 10.5. The average molecular weight is 503 g/mol. The topological polar surface area (TPSA) is 102 Å². The van der Waals surface area contributed by atoms with E-state index in [1.54, 1.807) is 27.7 Å². The van der Waals surface area contributed by atoms with Crippen molar-refractivity contribution in [2.24, 2.45) is 16.8 Å². The lowest BCUT2D eigenvalue weighted by molar-refractivity contribution is -0.155. The molecule has 36 heavy (non-hydrogen) atoms. The summed E-state index contributed by atoms with van der Waals surface area (Å²) in [5.41, 5.74) is 0.464. The minimum Gasteiger partial charge on any atom is -0.460 e. The lowest BCUT2D eigenvalue weighted by Gasteiger charge is -2.22. The lowest BCUT2D eigenvalue weighted by Crippen LogP contribution is -2.42. The molecule has 1 aromatic carbocycles. The van der Waals surface area contributed by atoms with E-state index < -0.39 is 29.3 Å². The maximum Gasteiger partial charge on any atom is 0.306 e. The Hall–Kier alpha value is -2.90. The monoisotopic (exact) mass is 502 g/mol. The molecule has 7 nitrogen and oxygen atoms in total. The van der Waals surface area contributed by atoms with Gasteiger partial charge in [0.25, 0.3) is 5.91 Å². The zero-order valence-electron chi connectivity index (χ0n) is 22.5. The van der Waals surface area contributed by atoms with Gasteiger partial charge in [0.05, 0.1) is 23.7 Å². The van der Waals surface area contributed by atoms with Crippen molar-refractivity contribution in [3.05, 3.63) is 29.1 Å². The van der Waals surface area contributed by atoms with Gasteiger partial charge in [-0.25, -0.2) is 4.39 Å². The average Bonchev–Trinajstić information content (AvgIpc) is 2.92. The highest BCUT2D eigenvalue weighted by molar-refractivity contribution is 6.04. The Morgan fingerprint density at radius 3 is 2.47 bits per heavy atom. The molecule has 0 saturated heterocycles. The fraction of sp³-hybridized carbons (Fsp3) is 0.607. The van der Waals surface area contributed by atoms with Gasteiger partial charge >= 0.3 is 5.97 Å². The number of Topliss-reactive ketones (excluding diaryl/α,β-unsaturated/α-hetero) is 2. The number of amides is 1. The van der Waals surface area contributed by atoms with Crippen LogP contribution in [0.5, 0.6) is 0 Å². The third kappa shape index (κ3) is 7.80. The standard InChI is InChI=1S/C28H39FN2O5/c1-8-18(15-24(33)36-28(5,6)7)17(4)30-25-16(3)22(29)12-11-21(25)27(35)31-23-13-10-20(32)14-19(9-2)26(23)34/h11-12,18-19,23H,8-10,13-15H2,1-7H3,(H,31,35). The van der Waals surface area contributed by atoms with E-state index in [1.807, 2.05) is 13.8 Å². The number of carbonyl (C=O) groups is 4. The van der Waals surface area contributed by atoms with E-state index in [9.17, 15) is 23.6 Å². The van der Waals surface area contributed by atoms with Crippen LogP contribution in [-0.4, -0.2) is 40.8 Å². The fourth-order valence-electron chi connectivity index (χ4n) is 4.38. The number of hydrogen-bond donors (Lipinski definition) is 1. The molecule has 1 amide bonds. The van der Waals surface area contributed by atoms with Crippen LogP contribution in [0.2, 0.25) is 0 Å². The summed E-state index contributed by atoms with van der Waals surface area (Å²) in [5.74, 6) is -2.23. The summed E-state index contributed by atoms with van der Waals surface area (Å²) in [4.78, 5) is 55.2. The van der Waals surface area contributed by atoms with E-state index in [1.165, 1.54) is 19.1 Å². The number of hydrogen-bond acceptors (Lipinski definition) is 6. The van der Waals surface area contributed by atoms with E-state index in [4.69, 9.17) is 4.74 Å². The van der Waals surface area contributed by atoms with Gasteiger partial charge in [0, 0.05) is 36.0 Å². The molecule has 1 aliphatic carbocycles. The van der Waals surface area contributed by atoms with Gasteiger partial charge in [-0.05, 0) is 66.0 Å². The first kappa shape index (κ1) is 29.3. The molecule has 3 atom stereocenters. The van der Waals surface area contributed by atoms with Crippen molar-refractivity contribution in [1.29, 1.82) is 0 Å². The zero-order chi connectivity index (χ0) is 27.2. The second kappa shape index (κ2) is 12.4. The van der Waals surface area contributed by atoms with E-state index in [0.717, 1.165) is 0 Å². The summed E-state index contributed by atoms with van der Waals surface area (Å²) in [6.07, 6.45) is 1.91. The van der Waals surface area contributed by atoms with Crippen LogP contribution in [0.15, 0.2) is 17.1 Å². The molecule has 0 heterocycles. The molecule has 198 valence electrons. The van der Waals surface area contributed by atoms with Crippen LogP contribution in [0, 0.1) is 24.6 Å². The zero-order valence-corrected chi connectivity index (χ0v) is 22.5. The largest absolute Gasteiger partial charge is 0.460 e. The van der Waals surface area contributed by atoms with Crippen molar-refractivity contribution < 1.29 is 28.3 Å². The predicted octanol–water partition coefficient (Wildman–Crippen LogP) is 5.43. The molecule has 0 bridgehead atoms. The van der Waals surface area contributed by atoms with Crippen LogP contribution < -0.4 is 5.32 Å². The number of ketones is 2. The Kier molecular flexibility index (Phi) is 10.1. The van der Waals surface area contributed by atoms with Crippen LogP contribution in [0.4, 0.5) is 10.1 Å². The number of carbonyl (C=O) groups excluding carboxylic acids is 4. The van der Waals surface area contributed by atoms with E-state index in [2.05, 4.69) is 10.3 Å². The van der Waals surface area contributed by atoms with Crippen molar-refractivity contribution in [3.8, 4) is 0 Å². The van der Waals surface area contributed by atoms with Crippen LogP contribution in [0.1, 0.15) is 96.0 Å². The summed E-state index contributed by atoms with van der Waals surface area (Å²) in [7, 11) is 0. The van der Waals surface area contributed by atoms with Crippen molar-refractivity contribution in [2.45, 2.75) is 98.6 Å². The molecule has 1 saturated carbocycles. The minimum atomic E-state index is -0.784. The maximum atomic E-state index is 14.5. The summed E-state index contributed by atoms with van der Waals surface area (Å²) >= 11 is 0. The molecule has 1 fully saturated rings. The van der Waals surface area contributed by atoms with Gasteiger partial charge < -0.3 is 10.1 Å². The summed E-state index contributed by atoms with van der Waals surface area (Å²) in [6, 6.07) is 1.76. The van der Waals surface area contributed by atoms with Gasteiger partial charge in [0.1, 0.15) is 17.2 Å². The quantitative estimate of drug-likeness (QED) is 0.290. The molecule has 0 radical (unpaired) electrons. The van der Waals surface area contributed by atoms with Gasteiger partial charge in [-0.2, -0.15) is 0 Å². The third-order valence-corrected chi connectivity index (χ3v) is 6.54. The molecule has 0 aliphatic heterocycles. The number of aliphatic imine (C=N–C) groups is 1. The highest BCUT2D eigenvalue weighted by Gasteiger charge is 2.33. The Morgan fingerprint density at radius 2 is 1.89 bits per heavy atom. The van der Waals surface area contributed by atoms with Crippen LogP contribution in [0.3, 0.4) is 0 Å². The number of nitrogens with one attached hydrogen (secondary N) is 1. The lowest BCUT2D eigenvalue weighted by atomic mass is 9.93. The molecular formula is C28H39FN2O5. The molecule has 0 aromatic heterocycles. The molecule has 8 heteroatoms. The molecule has 1 aromatic rings. The first-order valence-corrected chi connectivity index (χ1v) is 12.7. The minimum absolute atomic E-state index is 0.0149. The van der Waals surface area contributed by atoms with Gasteiger partial charge in [0.2, 0.25) is 0 Å². The van der Waals surface area contributed by atoms with Crippen molar-refractivity contribution in [1.82, 2.24) is 5.32 Å². The number of nitrogens with zero attached hydrogens (tertiary/aromatic N) is 1. The van der Waals surface area contributed by atoms with Crippen LogP contribution in [-0.2, 0) is 19.1 Å². The number of esters is 1. The van der Waals surface area contributed by atoms with Gasteiger partial charge in [-0.3, -0.25) is 24.2 Å². The summed E-state index contributed by atoms with van der Waals surface area (Å²) < 4.78 is 19.9. The number of halogens is 1. The Labute approximate surface area is 213 Å². The summed E-state index contributed by atoms with van der Waals surface area (Å²) in [5, 5.41) is 2.76. The van der Waals surface area contributed by atoms with Gasteiger partial charge in [-0.1, -0.05) is 13.8 Å². The van der Waals surface area contributed by atoms with Crippen molar-refractivity contribution in [2.75, 3.05) is 0 Å². The molecular weight excluding hydrogens is 463 g/mol. The Bertz CT molecular complexity index is 1040. The Morgan fingerprint density at radius 1 is 1.22 bits per heavy atom. The molecule has 1 N–H and O–H groups in total. The van der Waals surface area contributed by atoms with E-state index in [-0.39, 0.29) is 66.0 Å². The molecule has 2 rings (SSSR count). The number of benzene rings is 1. The first-order valence-electron chi connectivity index (χ1n) is 12.7. The third-order valence-electron chi connectivity index (χ3n) is 6.54. The molecule has 3 unspecified atom stereocenters. The molecule has 0 spiro atoms. The van der Waals surface area contributed by atoms with Crippen molar-refractivity contribution in [3.63, 3.8) is 0 Å². The smallest absolute Gasteiger partial charge is 0.306 e. The SMILES string of the molecule is CCC1CC(=O)CCC(NC(=O)c2ccc(F)c(C)c2N=C(C)C(CC)CC(=O)OC(C)(C)C)C1=O. The number of ether oxygens (including phenoxy) is 1. The van der Waals surface area contributed by atoms with E-state index >= 15 is 0 Å². The van der Waals surface area contributed by atoms with E-state index in [0.29, 0.717) is 18.6 Å².